The lowest BCUT2D eigenvalue weighted by Gasteiger charge is -2.46. The van der Waals surface area contributed by atoms with Crippen LogP contribution in [0.1, 0.15) is 77.4 Å². The Kier molecular flexibility index (Phi) is 9.98. The van der Waals surface area contributed by atoms with Crippen LogP contribution in [0.25, 0.3) is 0 Å². The number of nitrogens with one attached hydrogen (secondary N) is 1. The molecule has 51 heavy (non-hydrogen) atoms. The van der Waals surface area contributed by atoms with Gasteiger partial charge in [-0.25, -0.2) is 8.89 Å². The summed E-state index contributed by atoms with van der Waals surface area (Å²) in [5.41, 5.74) is 2.87. The Morgan fingerprint density at radius 2 is 2.06 bits per heavy atom. The van der Waals surface area contributed by atoms with Gasteiger partial charge in [-0.3, -0.25) is 14.3 Å². The summed E-state index contributed by atoms with van der Waals surface area (Å²) in [7, 11) is -2.00. The molecule has 0 saturated heterocycles. The number of alkyl halides is 2. The highest BCUT2D eigenvalue weighted by Crippen LogP contribution is 2.47. The van der Waals surface area contributed by atoms with Crippen molar-refractivity contribution in [2.75, 3.05) is 37.5 Å². The minimum Gasteiger partial charge on any atom is -0.490 e. The van der Waals surface area contributed by atoms with Crippen LogP contribution >= 0.6 is 11.6 Å². The number of fused-ring (bicyclic) bond motifs is 4. The van der Waals surface area contributed by atoms with Crippen molar-refractivity contribution in [1.29, 1.82) is 0 Å². The predicted molar refractivity (Wildman–Crippen MR) is 191 cm³/mol. The molecule has 2 aliphatic heterocycles. The number of rotatable bonds is 4. The first-order valence-electron chi connectivity index (χ1n) is 17.4. The van der Waals surface area contributed by atoms with Gasteiger partial charge < -0.3 is 14.4 Å². The topological polar surface area (TPSA) is 115 Å². The number of anilines is 1. The molecule has 6 atom stereocenters. The number of hydrogen-bond donors (Lipinski definition) is 1. The number of carbonyl (C=O) groups excluding carboxylic acids is 2. The second-order valence-corrected chi connectivity index (χ2v) is 16.8. The van der Waals surface area contributed by atoms with Crippen molar-refractivity contribution in [2.45, 2.75) is 63.5 Å². The van der Waals surface area contributed by atoms with Gasteiger partial charge in [0.25, 0.3) is 11.8 Å². The number of aryl methyl sites for hydroxylation is 1. The normalized spacial score (nSPS) is 29.9. The van der Waals surface area contributed by atoms with Gasteiger partial charge in [-0.2, -0.15) is 13.9 Å². The van der Waals surface area contributed by atoms with Crippen molar-refractivity contribution in [1.82, 2.24) is 14.5 Å². The van der Waals surface area contributed by atoms with E-state index in [1.165, 1.54) is 11.1 Å². The first kappa shape index (κ1) is 35.6. The van der Waals surface area contributed by atoms with Crippen molar-refractivity contribution in [3.63, 3.8) is 0 Å². The van der Waals surface area contributed by atoms with Gasteiger partial charge in [0.2, 0.25) is 0 Å². The number of amides is 2. The zero-order chi connectivity index (χ0) is 35.9. The number of carbonyl (C=O) groups is 2. The predicted octanol–water partition coefficient (Wildman–Crippen LogP) is 7.00. The molecule has 10 nitrogen and oxygen atoms in total. The molecule has 14 heteroatoms. The zero-order valence-corrected chi connectivity index (χ0v) is 30.2. The summed E-state index contributed by atoms with van der Waals surface area (Å²) in [6, 6.07) is 11.2. The van der Waals surface area contributed by atoms with Gasteiger partial charge in [-0.05, 0) is 97.7 Å². The maximum atomic E-state index is 14.4. The maximum absolute atomic E-state index is 14.4. The van der Waals surface area contributed by atoms with E-state index in [0.717, 1.165) is 56.7 Å². The molecule has 2 aromatic carbocycles. The Morgan fingerprint density at radius 3 is 2.80 bits per heavy atom. The van der Waals surface area contributed by atoms with Crippen molar-refractivity contribution in [3.05, 3.63) is 88.2 Å². The van der Waals surface area contributed by atoms with Crippen LogP contribution < -0.4 is 14.4 Å². The second-order valence-electron chi connectivity index (χ2n) is 14.4. The lowest BCUT2D eigenvalue weighted by Crippen LogP contribution is -2.49. The fourth-order valence-electron chi connectivity index (χ4n) is 8.13. The molecule has 0 radical (unpaired) electrons. The number of allylic oxidation sites excluding steroid dienone is 1. The molecule has 2 amide bonds. The van der Waals surface area contributed by atoms with E-state index in [4.69, 9.17) is 21.1 Å². The average molecular weight is 742 g/mol. The molecule has 272 valence electrons. The van der Waals surface area contributed by atoms with E-state index in [2.05, 4.69) is 37.3 Å². The van der Waals surface area contributed by atoms with Gasteiger partial charge >= 0.3 is 6.55 Å². The number of aromatic nitrogens is 2. The molecular formula is C37H42ClF2N5O5S. The molecule has 1 aromatic heterocycles. The number of hydrogen-bond acceptors (Lipinski definition) is 7. The summed E-state index contributed by atoms with van der Waals surface area (Å²) in [5.74, 6) is -0.828. The van der Waals surface area contributed by atoms with Crippen molar-refractivity contribution in [3.8, 4) is 5.75 Å². The SMILES string of the molecule is CO[C@H]1/C=C\C[C@H](C)CS(=O)(NC(=O)c2cnn(C(F)F)c2)=NC(=O)c2ccc3c(c2)N(C[C@@H]2CC[C@H]21)C[C@@]1(CCCc2cc(Cl)ccc21)CO3. The maximum Gasteiger partial charge on any atom is 0.333 e. The van der Waals surface area contributed by atoms with E-state index in [1.807, 2.05) is 19.1 Å². The van der Waals surface area contributed by atoms with Crippen LogP contribution in [0.3, 0.4) is 0 Å². The molecule has 7 rings (SSSR count). The fraction of sp³-hybridized carbons (Fsp3) is 0.486. The average Bonchev–Trinajstić information content (AvgIpc) is 3.53. The molecule has 1 spiro atoms. The van der Waals surface area contributed by atoms with Crippen molar-refractivity contribution < 1.29 is 32.1 Å². The van der Waals surface area contributed by atoms with Crippen LogP contribution in [-0.2, 0) is 26.5 Å². The number of nitrogens with zero attached hydrogens (tertiary/aromatic N) is 4. The summed E-state index contributed by atoms with van der Waals surface area (Å²) < 4.78 is 60.2. The van der Waals surface area contributed by atoms with Crippen LogP contribution in [0.2, 0.25) is 5.02 Å². The van der Waals surface area contributed by atoms with E-state index in [9.17, 15) is 22.6 Å². The van der Waals surface area contributed by atoms with Gasteiger partial charge in [0.05, 0.1) is 35.9 Å². The molecule has 1 saturated carbocycles. The third kappa shape index (κ3) is 7.30. The first-order chi connectivity index (χ1) is 24.5. The van der Waals surface area contributed by atoms with Gasteiger partial charge in [0, 0.05) is 42.4 Å². The lowest BCUT2D eigenvalue weighted by atomic mass is 9.68. The summed E-state index contributed by atoms with van der Waals surface area (Å²) in [4.78, 5) is 29.4. The zero-order valence-electron chi connectivity index (χ0n) is 28.6. The number of methoxy groups -OCH3 is 1. The quantitative estimate of drug-likeness (QED) is 0.287. The fourth-order valence-corrected chi connectivity index (χ4v) is 10.2. The van der Waals surface area contributed by atoms with Crippen LogP contribution in [0.15, 0.2) is 65.3 Å². The third-order valence-corrected chi connectivity index (χ3v) is 13.1. The highest BCUT2D eigenvalue weighted by molar-refractivity contribution is 7.92. The Morgan fingerprint density at radius 1 is 1.22 bits per heavy atom. The Hall–Kier alpha value is -3.81. The van der Waals surface area contributed by atoms with Gasteiger partial charge in [0.1, 0.15) is 15.7 Å². The van der Waals surface area contributed by atoms with Crippen LogP contribution in [0.5, 0.6) is 5.75 Å². The molecule has 1 fully saturated rings. The molecule has 3 aromatic rings. The van der Waals surface area contributed by atoms with Gasteiger partial charge in [0.15, 0.2) is 0 Å². The largest absolute Gasteiger partial charge is 0.490 e. The molecule has 4 aliphatic rings. The van der Waals surface area contributed by atoms with E-state index in [-0.39, 0.29) is 40.2 Å². The monoisotopic (exact) mass is 741 g/mol. The van der Waals surface area contributed by atoms with E-state index in [1.54, 1.807) is 25.3 Å². The third-order valence-electron chi connectivity index (χ3n) is 10.8. The highest BCUT2D eigenvalue weighted by Gasteiger charge is 2.44. The van der Waals surface area contributed by atoms with E-state index >= 15 is 0 Å². The minimum atomic E-state index is -3.72. The molecule has 1 N–H and O–H groups in total. The second kappa shape index (κ2) is 14.3. The molecule has 2 aliphatic carbocycles. The summed E-state index contributed by atoms with van der Waals surface area (Å²) in [6.07, 6.45) is 11.2. The smallest absolute Gasteiger partial charge is 0.333 e. The minimum absolute atomic E-state index is 0.119. The molecule has 3 heterocycles. The molecular weight excluding hydrogens is 700 g/mol. The first-order valence-corrected chi connectivity index (χ1v) is 19.5. The standard InChI is InChI=1S/C37H42ClF2N5O5S/c1-23-5-3-7-32(49-2)29-11-8-26(29)18-44-21-37(14-4-6-24-15-28(38)10-12-30(24)37)22-50-33-13-9-25(16-31(33)44)34(46)42-51(48,20-23)43-35(47)27-17-41-45(19-27)36(39)40/h3,7,9-10,12-13,15-17,19,23,26,29,32,36H,4-6,8,11,14,18,20-22H2,1-2H3,(H,42,43,46,47,48)/b7-3-/t23-,26-,29+,32-,37-,51?/m0/s1. The van der Waals surface area contributed by atoms with E-state index < -0.39 is 28.3 Å². The van der Waals surface area contributed by atoms with Crippen LogP contribution in [0.4, 0.5) is 14.5 Å². The summed E-state index contributed by atoms with van der Waals surface area (Å²) in [6.45, 7) is 0.748. The van der Waals surface area contributed by atoms with E-state index in [0.29, 0.717) is 40.9 Å². The van der Waals surface area contributed by atoms with Crippen LogP contribution in [-0.4, -0.2) is 64.5 Å². The van der Waals surface area contributed by atoms with Crippen LogP contribution in [0, 0.1) is 17.8 Å². The Labute approximate surface area is 301 Å². The number of halogens is 3. The Bertz CT molecular complexity index is 1980. The number of benzene rings is 2. The van der Waals surface area contributed by atoms with Crippen molar-refractivity contribution >= 4 is 39.0 Å². The molecule has 2 bridgehead atoms. The van der Waals surface area contributed by atoms with Crippen molar-refractivity contribution in [2.24, 2.45) is 22.1 Å². The highest BCUT2D eigenvalue weighted by atomic mass is 35.5. The molecule has 1 unspecified atom stereocenters. The summed E-state index contributed by atoms with van der Waals surface area (Å²) >= 11 is 6.43. The van der Waals surface area contributed by atoms with Gasteiger partial charge in [-0.1, -0.05) is 36.7 Å². The summed E-state index contributed by atoms with van der Waals surface area (Å²) in [5, 5.41) is 4.22. The number of ether oxygens (including phenoxy) is 2. The Balaban J connectivity index is 1.29. The lowest BCUT2D eigenvalue weighted by molar-refractivity contribution is 0.0131. The van der Waals surface area contributed by atoms with Gasteiger partial charge in [-0.15, -0.1) is 4.36 Å².